The summed E-state index contributed by atoms with van der Waals surface area (Å²) >= 11 is 0. The molecule has 0 aromatic heterocycles. The van der Waals surface area contributed by atoms with Gasteiger partial charge in [0.2, 0.25) is 8.32 Å². The maximum Gasteiger partial charge on any atom is 0.268 e. The SMILES string of the molecule is C/C=C(/C=C(\OC)O[Si](C)(C)C)OC. The number of ether oxygens (including phenoxy) is 2. The van der Waals surface area contributed by atoms with Crippen molar-refractivity contribution in [3.63, 3.8) is 0 Å². The maximum absolute atomic E-state index is 5.68. The third kappa shape index (κ3) is 5.69. The van der Waals surface area contributed by atoms with Crippen LogP contribution in [0.25, 0.3) is 0 Å². The van der Waals surface area contributed by atoms with E-state index in [-0.39, 0.29) is 0 Å². The first kappa shape index (κ1) is 13.1. The van der Waals surface area contributed by atoms with Gasteiger partial charge in [-0.3, -0.25) is 0 Å². The first-order valence-electron chi connectivity index (χ1n) is 4.58. The van der Waals surface area contributed by atoms with Crippen molar-refractivity contribution in [2.45, 2.75) is 26.6 Å². The first-order valence-corrected chi connectivity index (χ1v) is 7.98. The zero-order chi connectivity index (χ0) is 11.2. The zero-order valence-electron chi connectivity index (χ0n) is 9.88. The van der Waals surface area contributed by atoms with Crippen LogP contribution in [0.3, 0.4) is 0 Å². The van der Waals surface area contributed by atoms with Crippen LogP contribution in [0.5, 0.6) is 0 Å². The van der Waals surface area contributed by atoms with Crippen molar-refractivity contribution >= 4 is 8.32 Å². The summed E-state index contributed by atoms with van der Waals surface area (Å²) in [6.45, 7) is 8.20. The van der Waals surface area contributed by atoms with E-state index < -0.39 is 8.32 Å². The van der Waals surface area contributed by atoms with Crippen LogP contribution in [-0.4, -0.2) is 22.5 Å². The molecular formula is C10H20O3Si. The Labute approximate surface area is 87.5 Å². The molecule has 0 rings (SSSR count). The van der Waals surface area contributed by atoms with Crippen molar-refractivity contribution in [2.75, 3.05) is 14.2 Å². The average molecular weight is 216 g/mol. The van der Waals surface area contributed by atoms with Gasteiger partial charge in [-0.1, -0.05) is 0 Å². The van der Waals surface area contributed by atoms with Crippen molar-refractivity contribution in [1.29, 1.82) is 0 Å². The average Bonchev–Trinajstić information content (AvgIpc) is 2.10. The van der Waals surface area contributed by atoms with Gasteiger partial charge < -0.3 is 13.9 Å². The smallest absolute Gasteiger partial charge is 0.268 e. The van der Waals surface area contributed by atoms with Crippen molar-refractivity contribution in [3.05, 3.63) is 23.9 Å². The van der Waals surface area contributed by atoms with E-state index in [1.54, 1.807) is 20.3 Å². The predicted molar refractivity (Wildman–Crippen MR) is 60.3 cm³/mol. The number of methoxy groups -OCH3 is 2. The summed E-state index contributed by atoms with van der Waals surface area (Å²) in [7, 11) is 1.60. The fourth-order valence-electron chi connectivity index (χ4n) is 0.808. The van der Waals surface area contributed by atoms with Crippen LogP contribution in [0.1, 0.15) is 6.92 Å². The highest BCUT2D eigenvalue weighted by atomic mass is 28.4. The van der Waals surface area contributed by atoms with E-state index in [0.717, 1.165) is 5.76 Å². The van der Waals surface area contributed by atoms with Crippen molar-refractivity contribution in [1.82, 2.24) is 0 Å². The van der Waals surface area contributed by atoms with E-state index >= 15 is 0 Å². The van der Waals surface area contributed by atoms with Crippen LogP contribution in [0.2, 0.25) is 19.6 Å². The largest absolute Gasteiger partial charge is 0.520 e. The standard InChI is InChI=1S/C10H20O3Si/c1-7-9(11-2)8-10(12-3)13-14(4,5)6/h7-8H,1-6H3/b9-7-,10-8+. The van der Waals surface area contributed by atoms with Crippen LogP contribution < -0.4 is 0 Å². The van der Waals surface area contributed by atoms with Gasteiger partial charge in [-0.2, -0.15) is 0 Å². The molecule has 0 saturated heterocycles. The highest BCUT2D eigenvalue weighted by Crippen LogP contribution is 2.13. The van der Waals surface area contributed by atoms with E-state index in [0.29, 0.717) is 5.95 Å². The first-order chi connectivity index (χ1) is 6.42. The second-order valence-electron chi connectivity index (χ2n) is 3.78. The fraction of sp³-hybridized carbons (Fsp3) is 0.600. The van der Waals surface area contributed by atoms with Crippen molar-refractivity contribution in [2.24, 2.45) is 0 Å². The number of allylic oxidation sites excluding steroid dienone is 2. The molecule has 0 N–H and O–H groups in total. The van der Waals surface area contributed by atoms with Crippen LogP contribution >= 0.6 is 0 Å². The van der Waals surface area contributed by atoms with Gasteiger partial charge in [0.05, 0.1) is 20.3 Å². The lowest BCUT2D eigenvalue weighted by atomic mass is 10.4. The molecule has 0 heterocycles. The topological polar surface area (TPSA) is 27.7 Å². The molecule has 0 bridgehead atoms. The van der Waals surface area contributed by atoms with E-state index in [2.05, 4.69) is 19.6 Å². The van der Waals surface area contributed by atoms with Gasteiger partial charge in [0.15, 0.2) is 0 Å². The highest BCUT2D eigenvalue weighted by Gasteiger charge is 2.18. The minimum atomic E-state index is -1.61. The summed E-state index contributed by atoms with van der Waals surface area (Å²) < 4.78 is 15.9. The van der Waals surface area contributed by atoms with Crippen LogP contribution in [0, 0.1) is 0 Å². The molecule has 14 heavy (non-hydrogen) atoms. The summed E-state index contributed by atoms with van der Waals surface area (Å²) in [5.74, 6) is 1.25. The lowest BCUT2D eigenvalue weighted by Crippen LogP contribution is -2.25. The molecule has 0 aliphatic heterocycles. The number of rotatable bonds is 5. The Morgan fingerprint density at radius 1 is 1.07 bits per heavy atom. The van der Waals surface area contributed by atoms with Gasteiger partial charge in [0.1, 0.15) is 5.76 Å². The van der Waals surface area contributed by atoms with E-state index in [4.69, 9.17) is 13.9 Å². The summed E-state index contributed by atoms with van der Waals surface area (Å²) in [6, 6.07) is 0. The summed E-state index contributed by atoms with van der Waals surface area (Å²) in [5, 5.41) is 0. The lowest BCUT2D eigenvalue weighted by molar-refractivity contribution is 0.144. The molecule has 0 spiro atoms. The predicted octanol–water partition coefficient (Wildman–Crippen LogP) is 2.88. The molecule has 0 atom stereocenters. The monoisotopic (exact) mass is 216 g/mol. The van der Waals surface area contributed by atoms with Gasteiger partial charge in [-0.15, -0.1) is 0 Å². The fourth-order valence-corrected chi connectivity index (χ4v) is 1.55. The Bertz CT molecular complexity index is 226. The summed E-state index contributed by atoms with van der Waals surface area (Å²) in [4.78, 5) is 0. The van der Waals surface area contributed by atoms with Crippen LogP contribution in [-0.2, 0) is 13.9 Å². The highest BCUT2D eigenvalue weighted by molar-refractivity contribution is 6.69. The summed E-state index contributed by atoms with van der Waals surface area (Å²) in [6.07, 6.45) is 3.60. The molecule has 0 amide bonds. The Morgan fingerprint density at radius 2 is 1.64 bits per heavy atom. The quantitative estimate of drug-likeness (QED) is 0.402. The van der Waals surface area contributed by atoms with Crippen LogP contribution in [0.15, 0.2) is 23.9 Å². The Hall–Kier alpha value is -0.903. The van der Waals surface area contributed by atoms with Gasteiger partial charge in [-0.05, 0) is 32.6 Å². The third-order valence-corrected chi connectivity index (χ3v) is 2.20. The number of hydrogen-bond donors (Lipinski definition) is 0. The molecular weight excluding hydrogens is 196 g/mol. The summed E-state index contributed by atoms with van der Waals surface area (Å²) in [5.41, 5.74) is 0. The molecule has 0 aromatic rings. The molecule has 0 aromatic carbocycles. The molecule has 0 saturated carbocycles. The molecule has 0 aliphatic rings. The molecule has 0 aliphatic carbocycles. The van der Waals surface area contributed by atoms with E-state index in [1.165, 1.54) is 0 Å². The zero-order valence-corrected chi connectivity index (χ0v) is 10.9. The van der Waals surface area contributed by atoms with Crippen molar-refractivity contribution < 1.29 is 13.9 Å². The second-order valence-corrected chi connectivity index (χ2v) is 8.21. The van der Waals surface area contributed by atoms with Crippen LogP contribution in [0.4, 0.5) is 0 Å². The lowest BCUT2D eigenvalue weighted by Gasteiger charge is -2.20. The van der Waals surface area contributed by atoms with Gasteiger partial charge in [0.25, 0.3) is 5.95 Å². The molecule has 0 fully saturated rings. The molecule has 0 radical (unpaired) electrons. The van der Waals surface area contributed by atoms with E-state index in [1.807, 2.05) is 13.0 Å². The van der Waals surface area contributed by atoms with Gasteiger partial charge in [0, 0.05) is 0 Å². The van der Waals surface area contributed by atoms with E-state index in [9.17, 15) is 0 Å². The Kier molecular flexibility index (Phi) is 5.38. The number of hydrogen-bond acceptors (Lipinski definition) is 3. The van der Waals surface area contributed by atoms with Gasteiger partial charge >= 0.3 is 0 Å². The third-order valence-electron chi connectivity index (χ3n) is 1.39. The molecule has 0 unspecified atom stereocenters. The molecule has 4 heteroatoms. The Balaban J connectivity index is 4.55. The Morgan fingerprint density at radius 3 is 1.93 bits per heavy atom. The second kappa shape index (κ2) is 5.75. The molecule has 82 valence electrons. The normalized spacial score (nSPS) is 13.9. The van der Waals surface area contributed by atoms with Gasteiger partial charge in [-0.25, -0.2) is 0 Å². The minimum absolute atomic E-state index is 0.513. The molecule has 3 nitrogen and oxygen atoms in total. The minimum Gasteiger partial charge on any atom is -0.520 e. The van der Waals surface area contributed by atoms with Crippen molar-refractivity contribution in [3.8, 4) is 0 Å². The maximum atomic E-state index is 5.68.